The normalized spacial score (nSPS) is 25.7. The SMILES string of the molecule is COCCC1(C(=O)NC2CCNC2)CCCC1.Cl. The summed E-state index contributed by atoms with van der Waals surface area (Å²) in [5, 5.41) is 6.50. The first-order valence-electron chi connectivity index (χ1n) is 6.77. The zero-order chi connectivity index (χ0) is 12.1. The Labute approximate surface area is 116 Å². The molecule has 106 valence electrons. The van der Waals surface area contributed by atoms with Gasteiger partial charge in [-0.2, -0.15) is 0 Å². The second-order valence-corrected chi connectivity index (χ2v) is 5.39. The second kappa shape index (κ2) is 7.31. The fourth-order valence-electron chi connectivity index (χ4n) is 3.06. The van der Waals surface area contributed by atoms with E-state index >= 15 is 0 Å². The summed E-state index contributed by atoms with van der Waals surface area (Å²) in [5.41, 5.74) is -0.140. The van der Waals surface area contributed by atoms with Gasteiger partial charge in [0.25, 0.3) is 0 Å². The Morgan fingerprint density at radius 3 is 2.72 bits per heavy atom. The van der Waals surface area contributed by atoms with Crippen LogP contribution in [0.2, 0.25) is 0 Å². The van der Waals surface area contributed by atoms with Crippen LogP contribution in [0.15, 0.2) is 0 Å². The van der Waals surface area contributed by atoms with E-state index in [-0.39, 0.29) is 23.7 Å². The van der Waals surface area contributed by atoms with Crippen LogP contribution < -0.4 is 10.6 Å². The van der Waals surface area contributed by atoms with Crippen molar-refractivity contribution in [1.82, 2.24) is 10.6 Å². The van der Waals surface area contributed by atoms with E-state index < -0.39 is 0 Å². The van der Waals surface area contributed by atoms with E-state index in [1.807, 2.05) is 0 Å². The molecule has 0 radical (unpaired) electrons. The lowest BCUT2D eigenvalue weighted by atomic mass is 9.81. The Morgan fingerprint density at radius 2 is 2.17 bits per heavy atom. The van der Waals surface area contributed by atoms with E-state index in [0.717, 1.165) is 38.8 Å². The quantitative estimate of drug-likeness (QED) is 0.800. The fraction of sp³-hybridized carbons (Fsp3) is 0.923. The third-order valence-corrected chi connectivity index (χ3v) is 4.22. The van der Waals surface area contributed by atoms with Gasteiger partial charge in [-0.1, -0.05) is 12.8 Å². The van der Waals surface area contributed by atoms with Gasteiger partial charge in [-0.3, -0.25) is 4.79 Å². The molecule has 2 aliphatic rings. The summed E-state index contributed by atoms with van der Waals surface area (Å²) in [6.45, 7) is 2.64. The van der Waals surface area contributed by atoms with Gasteiger partial charge in [0.2, 0.25) is 5.91 Å². The number of hydrogen-bond donors (Lipinski definition) is 2. The lowest BCUT2D eigenvalue weighted by Crippen LogP contribution is -2.45. The van der Waals surface area contributed by atoms with Crippen LogP contribution >= 0.6 is 12.4 Å². The molecule has 1 saturated heterocycles. The number of ether oxygens (including phenoxy) is 1. The molecule has 18 heavy (non-hydrogen) atoms. The van der Waals surface area contributed by atoms with Crippen molar-refractivity contribution >= 4 is 18.3 Å². The topological polar surface area (TPSA) is 50.4 Å². The van der Waals surface area contributed by atoms with Crippen LogP contribution in [0.3, 0.4) is 0 Å². The molecule has 1 heterocycles. The molecule has 1 amide bonds. The van der Waals surface area contributed by atoms with Crippen molar-refractivity contribution in [2.75, 3.05) is 26.8 Å². The highest BCUT2D eigenvalue weighted by molar-refractivity contribution is 5.85. The van der Waals surface area contributed by atoms with Crippen molar-refractivity contribution in [3.8, 4) is 0 Å². The number of carbonyl (C=O) groups excluding carboxylic acids is 1. The van der Waals surface area contributed by atoms with Gasteiger partial charge in [-0.05, 0) is 32.2 Å². The van der Waals surface area contributed by atoms with E-state index in [9.17, 15) is 4.79 Å². The summed E-state index contributed by atoms with van der Waals surface area (Å²) in [4.78, 5) is 12.4. The third kappa shape index (κ3) is 3.59. The molecule has 2 N–H and O–H groups in total. The van der Waals surface area contributed by atoms with Crippen LogP contribution in [-0.2, 0) is 9.53 Å². The third-order valence-electron chi connectivity index (χ3n) is 4.22. The predicted octanol–water partition coefficient (Wildman–Crippen LogP) is 1.48. The molecule has 5 heteroatoms. The van der Waals surface area contributed by atoms with Gasteiger partial charge in [0.1, 0.15) is 0 Å². The smallest absolute Gasteiger partial charge is 0.226 e. The lowest BCUT2D eigenvalue weighted by Gasteiger charge is -2.29. The molecule has 4 nitrogen and oxygen atoms in total. The first-order chi connectivity index (χ1) is 8.27. The van der Waals surface area contributed by atoms with Gasteiger partial charge in [0.05, 0.1) is 5.41 Å². The van der Waals surface area contributed by atoms with Crippen LogP contribution in [0.25, 0.3) is 0 Å². The van der Waals surface area contributed by atoms with Crippen molar-refractivity contribution in [2.24, 2.45) is 5.41 Å². The van der Waals surface area contributed by atoms with Gasteiger partial charge >= 0.3 is 0 Å². The van der Waals surface area contributed by atoms with Crippen molar-refractivity contribution in [3.63, 3.8) is 0 Å². The standard InChI is InChI=1S/C13H24N2O2.ClH/c1-17-9-7-13(5-2-3-6-13)12(16)15-11-4-8-14-10-11;/h11,14H,2-10H2,1H3,(H,15,16);1H. The summed E-state index contributed by atoms with van der Waals surface area (Å²) >= 11 is 0. The number of carbonyl (C=O) groups is 1. The number of halogens is 1. The average Bonchev–Trinajstić information content (AvgIpc) is 2.97. The van der Waals surface area contributed by atoms with E-state index in [0.29, 0.717) is 12.6 Å². The predicted molar refractivity (Wildman–Crippen MR) is 74.1 cm³/mol. The van der Waals surface area contributed by atoms with Gasteiger partial charge in [-0.25, -0.2) is 0 Å². The molecule has 0 aromatic carbocycles. The fourth-order valence-corrected chi connectivity index (χ4v) is 3.06. The number of amides is 1. The van der Waals surface area contributed by atoms with Crippen LogP contribution in [0.4, 0.5) is 0 Å². The molecule has 2 fully saturated rings. The Morgan fingerprint density at radius 1 is 1.44 bits per heavy atom. The molecular weight excluding hydrogens is 252 g/mol. The first kappa shape index (κ1) is 15.7. The molecule has 0 aromatic rings. The molecule has 1 aliphatic carbocycles. The molecule has 0 aromatic heterocycles. The minimum Gasteiger partial charge on any atom is -0.385 e. The summed E-state index contributed by atoms with van der Waals surface area (Å²) in [7, 11) is 1.71. The number of hydrogen-bond acceptors (Lipinski definition) is 3. The largest absolute Gasteiger partial charge is 0.385 e. The summed E-state index contributed by atoms with van der Waals surface area (Å²) < 4.78 is 5.16. The highest BCUT2D eigenvalue weighted by Crippen LogP contribution is 2.41. The van der Waals surface area contributed by atoms with Crippen molar-refractivity contribution in [2.45, 2.75) is 44.6 Å². The average molecular weight is 277 g/mol. The minimum absolute atomic E-state index is 0. The molecular formula is C13H25ClN2O2. The van der Waals surface area contributed by atoms with Crippen LogP contribution in [-0.4, -0.2) is 38.8 Å². The summed E-state index contributed by atoms with van der Waals surface area (Å²) in [6.07, 6.45) is 6.35. The van der Waals surface area contributed by atoms with Crippen molar-refractivity contribution in [3.05, 3.63) is 0 Å². The molecule has 1 aliphatic heterocycles. The highest BCUT2D eigenvalue weighted by Gasteiger charge is 2.41. The summed E-state index contributed by atoms with van der Waals surface area (Å²) in [6, 6.07) is 0.336. The molecule has 1 unspecified atom stereocenters. The van der Waals surface area contributed by atoms with Gasteiger partial charge in [0, 0.05) is 26.3 Å². The van der Waals surface area contributed by atoms with Crippen LogP contribution in [0, 0.1) is 5.41 Å². The van der Waals surface area contributed by atoms with E-state index in [2.05, 4.69) is 10.6 Å². The highest BCUT2D eigenvalue weighted by atomic mass is 35.5. The zero-order valence-corrected chi connectivity index (χ0v) is 12.0. The Hall–Kier alpha value is -0.320. The first-order valence-corrected chi connectivity index (χ1v) is 6.77. The monoisotopic (exact) mass is 276 g/mol. The molecule has 0 spiro atoms. The van der Waals surface area contributed by atoms with Crippen molar-refractivity contribution < 1.29 is 9.53 Å². The van der Waals surface area contributed by atoms with Crippen LogP contribution in [0.1, 0.15) is 38.5 Å². The molecule has 1 saturated carbocycles. The minimum atomic E-state index is -0.140. The van der Waals surface area contributed by atoms with E-state index in [4.69, 9.17) is 4.74 Å². The van der Waals surface area contributed by atoms with Crippen molar-refractivity contribution in [1.29, 1.82) is 0 Å². The van der Waals surface area contributed by atoms with E-state index in [1.165, 1.54) is 12.8 Å². The van der Waals surface area contributed by atoms with Gasteiger partial charge < -0.3 is 15.4 Å². The van der Waals surface area contributed by atoms with E-state index in [1.54, 1.807) is 7.11 Å². The lowest BCUT2D eigenvalue weighted by molar-refractivity contribution is -0.132. The molecule has 2 rings (SSSR count). The van der Waals surface area contributed by atoms with Crippen LogP contribution in [0.5, 0.6) is 0 Å². The molecule has 0 bridgehead atoms. The Bertz CT molecular complexity index is 262. The summed E-state index contributed by atoms with van der Waals surface area (Å²) in [5.74, 6) is 0.265. The van der Waals surface area contributed by atoms with Gasteiger partial charge in [0.15, 0.2) is 0 Å². The van der Waals surface area contributed by atoms with Gasteiger partial charge in [-0.15, -0.1) is 12.4 Å². The maximum Gasteiger partial charge on any atom is 0.226 e. The maximum absolute atomic E-state index is 12.4. The molecule has 1 atom stereocenters. The maximum atomic E-state index is 12.4. The Balaban J connectivity index is 0.00000162. The second-order valence-electron chi connectivity index (χ2n) is 5.39. The Kier molecular flexibility index (Phi) is 6.39. The number of methoxy groups -OCH3 is 1. The zero-order valence-electron chi connectivity index (χ0n) is 11.2. The number of rotatable bonds is 5. The number of nitrogens with one attached hydrogen (secondary N) is 2.